The molecule has 0 spiro atoms. The normalized spacial score (nSPS) is 15.7. The molecule has 2 aromatic rings. The summed E-state index contributed by atoms with van der Waals surface area (Å²) < 4.78 is 51.9. The SMILES string of the molecule is CSc1nc(N)c(C=CS(=O)(=O)c2ccc(F)cc2F)c(C2CCCC2)n1. The number of rotatable bonds is 5. The average Bonchev–Trinajstić information content (AvgIpc) is 3.14. The topological polar surface area (TPSA) is 85.9 Å². The van der Waals surface area contributed by atoms with Crippen molar-refractivity contribution in [2.45, 2.75) is 41.7 Å². The molecule has 0 amide bonds. The van der Waals surface area contributed by atoms with Crippen LogP contribution in [0.15, 0.2) is 33.7 Å². The van der Waals surface area contributed by atoms with E-state index >= 15 is 0 Å². The van der Waals surface area contributed by atoms with E-state index in [9.17, 15) is 17.2 Å². The van der Waals surface area contributed by atoms with Gasteiger partial charge in [0.25, 0.3) is 0 Å². The third-order valence-corrected chi connectivity index (χ3v) is 6.51. The van der Waals surface area contributed by atoms with Crippen molar-refractivity contribution in [1.29, 1.82) is 0 Å². The van der Waals surface area contributed by atoms with Crippen LogP contribution < -0.4 is 5.73 Å². The number of nitrogens with two attached hydrogens (primary N) is 1. The van der Waals surface area contributed by atoms with Crippen LogP contribution in [0.1, 0.15) is 42.9 Å². The molecule has 5 nitrogen and oxygen atoms in total. The second-order valence-electron chi connectivity index (χ2n) is 6.30. The van der Waals surface area contributed by atoms with Crippen LogP contribution in [0.5, 0.6) is 0 Å². The van der Waals surface area contributed by atoms with E-state index in [-0.39, 0.29) is 11.7 Å². The van der Waals surface area contributed by atoms with E-state index < -0.39 is 26.4 Å². The molecule has 1 heterocycles. The van der Waals surface area contributed by atoms with Gasteiger partial charge < -0.3 is 5.73 Å². The number of benzene rings is 1. The quantitative estimate of drug-likeness (QED) is 0.452. The first-order valence-corrected chi connectivity index (χ1v) is 11.2. The van der Waals surface area contributed by atoms with E-state index in [0.29, 0.717) is 16.8 Å². The van der Waals surface area contributed by atoms with Crippen molar-refractivity contribution in [1.82, 2.24) is 9.97 Å². The third-order valence-electron chi connectivity index (χ3n) is 4.52. The van der Waals surface area contributed by atoms with Gasteiger partial charge in [-0.1, -0.05) is 24.6 Å². The Morgan fingerprint density at radius 1 is 1.22 bits per heavy atom. The lowest BCUT2D eigenvalue weighted by Gasteiger charge is -2.14. The molecule has 1 aromatic carbocycles. The molecule has 2 N–H and O–H groups in total. The third kappa shape index (κ3) is 4.30. The summed E-state index contributed by atoms with van der Waals surface area (Å²) in [6.45, 7) is 0. The molecule has 1 aliphatic rings. The average molecular weight is 411 g/mol. The maximum Gasteiger partial charge on any atom is 0.202 e. The highest BCUT2D eigenvalue weighted by molar-refractivity contribution is 7.98. The Balaban J connectivity index is 2.03. The maximum atomic E-state index is 13.9. The monoisotopic (exact) mass is 411 g/mol. The molecular weight excluding hydrogens is 392 g/mol. The van der Waals surface area contributed by atoms with Crippen LogP contribution in [0.3, 0.4) is 0 Å². The summed E-state index contributed by atoms with van der Waals surface area (Å²) in [4.78, 5) is 8.13. The van der Waals surface area contributed by atoms with Gasteiger partial charge in [0, 0.05) is 23.0 Å². The highest BCUT2D eigenvalue weighted by Gasteiger charge is 2.24. The van der Waals surface area contributed by atoms with Crippen molar-refractivity contribution in [3.8, 4) is 0 Å². The van der Waals surface area contributed by atoms with Crippen molar-refractivity contribution in [3.63, 3.8) is 0 Å². The highest BCUT2D eigenvalue weighted by Crippen LogP contribution is 2.37. The van der Waals surface area contributed by atoms with Crippen LogP contribution in [0.25, 0.3) is 6.08 Å². The van der Waals surface area contributed by atoms with Crippen LogP contribution in [0.2, 0.25) is 0 Å². The van der Waals surface area contributed by atoms with E-state index in [1.165, 1.54) is 17.8 Å². The number of anilines is 1. The van der Waals surface area contributed by atoms with E-state index in [1.54, 1.807) is 0 Å². The number of halogens is 2. The van der Waals surface area contributed by atoms with Gasteiger partial charge in [-0.3, -0.25) is 0 Å². The van der Waals surface area contributed by atoms with Gasteiger partial charge in [0.05, 0.1) is 5.69 Å². The predicted molar refractivity (Wildman–Crippen MR) is 102 cm³/mol. The van der Waals surface area contributed by atoms with Gasteiger partial charge in [-0.2, -0.15) is 0 Å². The molecule has 3 rings (SSSR count). The molecular formula is C18H19F2N3O2S2. The van der Waals surface area contributed by atoms with Crippen molar-refractivity contribution < 1.29 is 17.2 Å². The van der Waals surface area contributed by atoms with Gasteiger partial charge in [-0.25, -0.2) is 27.2 Å². The minimum Gasteiger partial charge on any atom is -0.383 e. The number of thioether (sulfide) groups is 1. The van der Waals surface area contributed by atoms with Gasteiger partial charge in [0.15, 0.2) is 5.16 Å². The van der Waals surface area contributed by atoms with Crippen molar-refractivity contribution >= 4 is 33.5 Å². The summed E-state index contributed by atoms with van der Waals surface area (Å²) in [6.07, 6.45) is 7.20. The molecule has 0 saturated heterocycles. The molecule has 144 valence electrons. The number of sulfone groups is 1. The first-order chi connectivity index (χ1) is 12.8. The summed E-state index contributed by atoms with van der Waals surface area (Å²) >= 11 is 1.36. The standard InChI is InChI=1S/C18H19F2N3O2S2/c1-26-18-22-16(11-4-2-3-5-11)13(17(21)23-18)8-9-27(24,25)15-7-6-12(19)10-14(15)20/h6-11H,2-5H2,1H3,(H2,21,22,23). The van der Waals surface area contributed by atoms with Gasteiger partial charge in [0.2, 0.25) is 9.84 Å². The van der Waals surface area contributed by atoms with E-state index in [2.05, 4.69) is 9.97 Å². The Morgan fingerprint density at radius 3 is 2.56 bits per heavy atom. The molecule has 0 unspecified atom stereocenters. The fraction of sp³-hybridized carbons (Fsp3) is 0.333. The molecule has 1 saturated carbocycles. The summed E-state index contributed by atoms with van der Waals surface area (Å²) in [6, 6.07) is 2.34. The lowest BCUT2D eigenvalue weighted by molar-refractivity contribution is 0.552. The molecule has 0 atom stereocenters. The van der Waals surface area contributed by atoms with Gasteiger partial charge in [-0.15, -0.1) is 0 Å². The first kappa shape index (κ1) is 19.8. The molecule has 1 aliphatic carbocycles. The molecule has 0 bridgehead atoms. The van der Waals surface area contributed by atoms with Crippen LogP contribution in [0.4, 0.5) is 14.6 Å². The minimum absolute atomic E-state index is 0.183. The first-order valence-electron chi connectivity index (χ1n) is 8.41. The summed E-state index contributed by atoms with van der Waals surface area (Å²) in [5, 5.41) is 1.40. The van der Waals surface area contributed by atoms with E-state index in [0.717, 1.165) is 48.9 Å². The Kier molecular flexibility index (Phi) is 5.81. The number of nitrogens with zero attached hydrogens (tertiary/aromatic N) is 2. The van der Waals surface area contributed by atoms with Crippen molar-refractivity contribution in [3.05, 3.63) is 46.5 Å². The Hall–Kier alpha value is -2.00. The predicted octanol–water partition coefficient (Wildman–Crippen LogP) is 4.16. The molecule has 0 aliphatic heterocycles. The smallest absolute Gasteiger partial charge is 0.202 e. The van der Waals surface area contributed by atoms with Crippen LogP contribution >= 0.6 is 11.8 Å². The number of nitrogen functional groups attached to an aromatic ring is 1. The Labute approximate surface area is 161 Å². The van der Waals surface area contributed by atoms with Crippen LogP contribution in [0, 0.1) is 11.6 Å². The summed E-state index contributed by atoms with van der Waals surface area (Å²) in [7, 11) is -4.12. The Bertz CT molecular complexity index is 988. The van der Waals surface area contributed by atoms with Crippen LogP contribution in [-0.4, -0.2) is 24.6 Å². The fourth-order valence-electron chi connectivity index (χ4n) is 3.19. The van der Waals surface area contributed by atoms with Crippen LogP contribution in [-0.2, 0) is 9.84 Å². The zero-order chi connectivity index (χ0) is 19.6. The van der Waals surface area contributed by atoms with Gasteiger partial charge >= 0.3 is 0 Å². The molecule has 27 heavy (non-hydrogen) atoms. The Morgan fingerprint density at radius 2 is 1.93 bits per heavy atom. The maximum absolute atomic E-state index is 13.9. The van der Waals surface area contributed by atoms with E-state index in [4.69, 9.17) is 5.73 Å². The number of hydrogen-bond acceptors (Lipinski definition) is 6. The molecule has 1 aromatic heterocycles. The zero-order valence-electron chi connectivity index (χ0n) is 14.7. The highest BCUT2D eigenvalue weighted by atomic mass is 32.2. The lowest BCUT2D eigenvalue weighted by Crippen LogP contribution is -2.08. The lowest BCUT2D eigenvalue weighted by atomic mass is 9.99. The summed E-state index contributed by atoms with van der Waals surface area (Å²) in [5.41, 5.74) is 7.20. The fourth-order valence-corrected chi connectivity index (χ4v) is 4.62. The number of hydrogen-bond donors (Lipinski definition) is 1. The second kappa shape index (κ2) is 7.93. The summed E-state index contributed by atoms with van der Waals surface area (Å²) in [5.74, 6) is -1.62. The molecule has 9 heteroatoms. The van der Waals surface area contributed by atoms with Crippen molar-refractivity contribution in [2.75, 3.05) is 12.0 Å². The van der Waals surface area contributed by atoms with Gasteiger partial charge in [-0.05, 0) is 37.3 Å². The molecule has 1 fully saturated rings. The second-order valence-corrected chi connectivity index (χ2v) is 8.87. The largest absolute Gasteiger partial charge is 0.383 e. The van der Waals surface area contributed by atoms with E-state index in [1.807, 2.05) is 6.26 Å². The van der Waals surface area contributed by atoms with Crippen molar-refractivity contribution in [2.24, 2.45) is 0 Å². The zero-order valence-corrected chi connectivity index (χ0v) is 16.3. The number of aromatic nitrogens is 2. The minimum atomic E-state index is -4.12. The van der Waals surface area contributed by atoms with Gasteiger partial charge in [0.1, 0.15) is 22.3 Å². The molecule has 0 radical (unpaired) electrons.